The quantitative estimate of drug-likeness (QED) is 0.679. The normalized spacial score (nSPS) is 21.9. The first-order valence-electron chi connectivity index (χ1n) is 5.60. The summed E-state index contributed by atoms with van der Waals surface area (Å²) in [6.45, 7) is 7.95. The number of nitrogens with zero attached hydrogens (tertiary/aromatic N) is 1. The van der Waals surface area contributed by atoms with Crippen LogP contribution in [0, 0.1) is 0 Å². The van der Waals surface area contributed by atoms with Crippen LogP contribution in [0.25, 0.3) is 0 Å². The predicted octanol–water partition coefficient (Wildman–Crippen LogP) is 1.77. The van der Waals surface area contributed by atoms with E-state index in [4.69, 9.17) is 9.47 Å². The third-order valence-electron chi connectivity index (χ3n) is 2.44. The maximum Gasteiger partial charge on any atom is 0.0618 e. The predicted molar refractivity (Wildman–Crippen MR) is 59.7 cm³/mol. The van der Waals surface area contributed by atoms with Crippen molar-refractivity contribution in [1.82, 2.24) is 4.90 Å². The van der Waals surface area contributed by atoms with Crippen LogP contribution in [0.1, 0.15) is 26.7 Å². The van der Waals surface area contributed by atoms with Crippen LogP contribution in [0.4, 0.5) is 0 Å². The molecule has 1 atom stereocenters. The lowest BCUT2D eigenvalue weighted by Crippen LogP contribution is -2.35. The lowest BCUT2D eigenvalue weighted by molar-refractivity contribution is 0.0911. The molecule has 1 fully saturated rings. The molecule has 1 aliphatic heterocycles. The van der Waals surface area contributed by atoms with Crippen molar-refractivity contribution in [2.24, 2.45) is 0 Å². The van der Waals surface area contributed by atoms with Crippen molar-refractivity contribution in [3.63, 3.8) is 0 Å². The van der Waals surface area contributed by atoms with Gasteiger partial charge in [-0.05, 0) is 19.4 Å². The van der Waals surface area contributed by atoms with E-state index < -0.39 is 0 Å². The van der Waals surface area contributed by atoms with Crippen molar-refractivity contribution in [2.45, 2.75) is 32.7 Å². The van der Waals surface area contributed by atoms with E-state index >= 15 is 0 Å². The Hall–Kier alpha value is -0.120. The lowest BCUT2D eigenvalue weighted by Gasteiger charge is -2.22. The minimum absolute atomic E-state index is 0.630. The Balaban J connectivity index is 0.000000791. The van der Waals surface area contributed by atoms with Crippen molar-refractivity contribution >= 4 is 0 Å². The highest BCUT2D eigenvalue weighted by atomic mass is 16.5. The van der Waals surface area contributed by atoms with Crippen molar-refractivity contribution in [2.75, 3.05) is 40.5 Å². The van der Waals surface area contributed by atoms with Gasteiger partial charge in [-0.25, -0.2) is 0 Å². The molecule has 0 aliphatic carbocycles. The van der Waals surface area contributed by atoms with Gasteiger partial charge in [0.05, 0.1) is 13.2 Å². The molecule has 1 heterocycles. The summed E-state index contributed by atoms with van der Waals surface area (Å²) in [6.07, 6.45) is 2.58. The summed E-state index contributed by atoms with van der Waals surface area (Å²) in [7, 11) is 3.52. The highest BCUT2D eigenvalue weighted by Gasteiger charge is 2.23. The fraction of sp³-hybridized carbons (Fsp3) is 1.00. The summed E-state index contributed by atoms with van der Waals surface area (Å²) >= 11 is 0. The van der Waals surface area contributed by atoms with Crippen LogP contribution < -0.4 is 0 Å². The smallest absolute Gasteiger partial charge is 0.0618 e. The van der Waals surface area contributed by atoms with E-state index in [2.05, 4.69) is 4.90 Å². The van der Waals surface area contributed by atoms with Gasteiger partial charge in [-0.2, -0.15) is 0 Å². The summed E-state index contributed by atoms with van der Waals surface area (Å²) in [6, 6.07) is 0.630. The van der Waals surface area contributed by atoms with Gasteiger partial charge >= 0.3 is 0 Å². The van der Waals surface area contributed by atoms with Gasteiger partial charge < -0.3 is 9.47 Å². The van der Waals surface area contributed by atoms with Crippen LogP contribution in [0.2, 0.25) is 0 Å². The van der Waals surface area contributed by atoms with Crippen molar-refractivity contribution in [3.8, 4) is 0 Å². The molecule has 3 nitrogen and oxygen atoms in total. The van der Waals surface area contributed by atoms with E-state index in [1.54, 1.807) is 14.2 Å². The molecule has 1 rings (SSSR count). The number of hydrogen-bond donors (Lipinski definition) is 0. The van der Waals surface area contributed by atoms with Crippen molar-refractivity contribution < 1.29 is 9.47 Å². The Labute approximate surface area is 88.4 Å². The second-order valence-corrected chi connectivity index (χ2v) is 3.28. The topological polar surface area (TPSA) is 21.7 Å². The SMILES string of the molecule is CC.COCCN1CCCC1COC. The zero-order valence-electron chi connectivity index (χ0n) is 10.1. The Kier molecular flexibility index (Phi) is 9.35. The molecule has 0 aromatic heterocycles. The molecule has 0 amide bonds. The van der Waals surface area contributed by atoms with E-state index in [0.717, 1.165) is 19.8 Å². The molecular formula is C11H25NO2. The molecule has 0 bridgehead atoms. The summed E-state index contributed by atoms with van der Waals surface area (Å²) in [5, 5.41) is 0. The second-order valence-electron chi connectivity index (χ2n) is 3.28. The number of methoxy groups -OCH3 is 2. The highest BCUT2D eigenvalue weighted by Crippen LogP contribution is 2.16. The van der Waals surface area contributed by atoms with Gasteiger partial charge in [0.25, 0.3) is 0 Å². The molecule has 0 spiro atoms. The molecule has 0 aromatic rings. The molecule has 0 saturated carbocycles. The minimum atomic E-state index is 0.630. The Morgan fingerprint density at radius 1 is 1.21 bits per heavy atom. The van der Waals surface area contributed by atoms with E-state index in [1.165, 1.54) is 19.4 Å². The summed E-state index contributed by atoms with van der Waals surface area (Å²) in [5.74, 6) is 0. The largest absolute Gasteiger partial charge is 0.383 e. The van der Waals surface area contributed by atoms with Gasteiger partial charge in [0.1, 0.15) is 0 Å². The van der Waals surface area contributed by atoms with Gasteiger partial charge in [0.15, 0.2) is 0 Å². The molecule has 86 valence electrons. The van der Waals surface area contributed by atoms with Crippen LogP contribution in [0.5, 0.6) is 0 Å². The molecule has 1 aliphatic rings. The summed E-state index contributed by atoms with van der Waals surface area (Å²) in [5.41, 5.74) is 0. The highest BCUT2D eigenvalue weighted by molar-refractivity contribution is 4.78. The molecule has 14 heavy (non-hydrogen) atoms. The third kappa shape index (κ3) is 4.94. The molecule has 1 saturated heterocycles. The average Bonchev–Trinajstić information content (AvgIpc) is 2.66. The molecular weight excluding hydrogens is 178 g/mol. The first-order chi connectivity index (χ1) is 6.88. The van der Waals surface area contributed by atoms with Crippen LogP contribution in [0.3, 0.4) is 0 Å². The van der Waals surface area contributed by atoms with Crippen LogP contribution in [0.15, 0.2) is 0 Å². The Morgan fingerprint density at radius 3 is 2.50 bits per heavy atom. The average molecular weight is 203 g/mol. The Morgan fingerprint density at radius 2 is 1.93 bits per heavy atom. The molecule has 3 heteroatoms. The first kappa shape index (κ1) is 13.9. The number of rotatable bonds is 5. The standard InChI is InChI=1S/C9H19NO2.C2H6/c1-11-7-6-10-5-3-4-9(10)8-12-2;1-2/h9H,3-8H2,1-2H3;1-2H3. The fourth-order valence-corrected chi connectivity index (χ4v) is 1.78. The summed E-state index contributed by atoms with van der Waals surface area (Å²) in [4.78, 5) is 2.45. The molecule has 0 radical (unpaired) electrons. The maximum atomic E-state index is 5.15. The first-order valence-corrected chi connectivity index (χ1v) is 5.60. The van der Waals surface area contributed by atoms with Crippen LogP contribution in [-0.4, -0.2) is 51.5 Å². The fourth-order valence-electron chi connectivity index (χ4n) is 1.78. The minimum Gasteiger partial charge on any atom is -0.383 e. The van der Waals surface area contributed by atoms with Crippen LogP contribution >= 0.6 is 0 Å². The monoisotopic (exact) mass is 203 g/mol. The number of hydrogen-bond acceptors (Lipinski definition) is 3. The van der Waals surface area contributed by atoms with Crippen LogP contribution in [-0.2, 0) is 9.47 Å². The Bertz CT molecular complexity index is 120. The van der Waals surface area contributed by atoms with E-state index in [0.29, 0.717) is 6.04 Å². The van der Waals surface area contributed by atoms with Gasteiger partial charge in [0, 0.05) is 26.8 Å². The number of likely N-dealkylation sites (tertiary alicyclic amines) is 1. The maximum absolute atomic E-state index is 5.15. The molecule has 0 aromatic carbocycles. The zero-order chi connectivity index (χ0) is 10.8. The van der Waals surface area contributed by atoms with Gasteiger partial charge in [-0.3, -0.25) is 4.90 Å². The van der Waals surface area contributed by atoms with E-state index in [-0.39, 0.29) is 0 Å². The van der Waals surface area contributed by atoms with Gasteiger partial charge in [-0.1, -0.05) is 13.8 Å². The molecule has 0 N–H and O–H groups in total. The van der Waals surface area contributed by atoms with E-state index in [9.17, 15) is 0 Å². The lowest BCUT2D eigenvalue weighted by atomic mass is 10.2. The molecule has 1 unspecified atom stereocenters. The van der Waals surface area contributed by atoms with Gasteiger partial charge in [-0.15, -0.1) is 0 Å². The summed E-state index contributed by atoms with van der Waals surface area (Å²) < 4.78 is 10.2. The zero-order valence-corrected chi connectivity index (χ0v) is 10.1. The second kappa shape index (κ2) is 9.44. The van der Waals surface area contributed by atoms with Gasteiger partial charge in [0.2, 0.25) is 0 Å². The third-order valence-corrected chi connectivity index (χ3v) is 2.44. The van der Waals surface area contributed by atoms with Crippen molar-refractivity contribution in [3.05, 3.63) is 0 Å². The van der Waals surface area contributed by atoms with E-state index in [1.807, 2.05) is 13.8 Å². The number of ether oxygens (including phenoxy) is 2. The van der Waals surface area contributed by atoms with Crippen molar-refractivity contribution in [1.29, 1.82) is 0 Å².